The zero-order valence-corrected chi connectivity index (χ0v) is 19.4. The molecule has 2 fully saturated rings. The number of carbonyl (C=O) groups excluding carboxylic acids is 2. The largest absolute Gasteiger partial charge is 0.443 e. The molecule has 2 aliphatic rings. The second-order valence-corrected chi connectivity index (χ2v) is 9.07. The van der Waals surface area contributed by atoms with Gasteiger partial charge in [0.25, 0.3) is 5.91 Å². The SMILES string of the molecule is Cn1ncc2c(N)nc3ccc(C(=O)N(Cc4ccc(C(F)(F)F)cn4)N4C(=O)O[C@H]5CC[C@H]54)cc3c21. The molecule has 1 saturated heterocycles. The number of fused-ring (bicyclic) bond motifs is 4. The molecule has 1 aliphatic heterocycles. The molecule has 1 aliphatic carbocycles. The molecule has 6 rings (SSSR count). The van der Waals surface area contributed by atoms with Crippen molar-refractivity contribution < 1.29 is 27.5 Å². The molecule has 190 valence electrons. The molecular formula is C24H20F3N7O3. The van der Waals surface area contributed by atoms with Crippen LogP contribution in [0.25, 0.3) is 21.8 Å². The van der Waals surface area contributed by atoms with Gasteiger partial charge in [0.05, 0.1) is 46.5 Å². The van der Waals surface area contributed by atoms with Crippen molar-refractivity contribution in [1.29, 1.82) is 0 Å². The lowest BCUT2D eigenvalue weighted by Gasteiger charge is -2.38. The first kappa shape index (κ1) is 23.0. The molecule has 0 unspecified atom stereocenters. The maximum absolute atomic E-state index is 13.9. The van der Waals surface area contributed by atoms with Gasteiger partial charge in [-0.1, -0.05) is 0 Å². The van der Waals surface area contributed by atoms with E-state index < -0.39 is 23.7 Å². The van der Waals surface area contributed by atoms with Crippen molar-refractivity contribution in [1.82, 2.24) is 29.8 Å². The molecule has 3 aromatic heterocycles. The van der Waals surface area contributed by atoms with E-state index in [4.69, 9.17) is 10.5 Å². The number of aryl methyl sites for hydroxylation is 1. The normalized spacial score (nSPS) is 19.1. The average Bonchev–Trinajstić information content (AvgIpc) is 3.34. The summed E-state index contributed by atoms with van der Waals surface area (Å²) in [6.07, 6.45) is -1.95. The highest BCUT2D eigenvalue weighted by Gasteiger charge is 2.51. The van der Waals surface area contributed by atoms with Crippen molar-refractivity contribution in [3.63, 3.8) is 0 Å². The monoisotopic (exact) mass is 511 g/mol. The number of anilines is 1. The van der Waals surface area contributed by atoms with Crippen LogP contribution < -0.4 is 5.73 Å². The summed E-state index contributed by atoms with van der Waals surface area (Å²) >= 11 is 0. The minimum absolute atomic E-state index is 0.182. The summed E-state index contributed by atoms with van der Waals surface area (Å²) in [5.41, 5.74) is 6.82. The quantitative estimate of drug-likeness (QED) is 0.444. The second-order valence-electron chi connectivity index (χ2n) is 9.07. The predicted octanol–water partition coefficient (Wildman–Crippen LogP) is 3.66. The molecule has 2 amide bonds. The Morgan fingerprint density at radius 2 is 2.00 bits per heavy atom. The molecule has 2 atom stereocenters. The van der Waals surface area contributed by atoms with Crippen molar-refractivity contribution in [2.75, 3.05) is 5.73 Å². The number of alkyl halides is 3. The summed E-state index contributed by atoms with van der Waals surface area (Å²) < 4.78 is 46.0. The van der Waals surface area contributed by atoms with E-state index in [0.717, 1.165) is 6.07 Å². The molecule has 4 heterocycles. The second kappa shape index (κ2) is 8.05. The number of hydrazine groups is 1. The van der Waals surface area contributed by atoms with E-state index in [9.17, 15) is 22.8 Å². The van der Waals surface area contributed by atoms with Crippen LogP contribution >= 0.6 is 0 Å². The zero-order chi connectivity index (χ0) is 26.1. The number of rotatable bonds is 4. The fourth-order valence-electron chi connectivity index (χ4n) is 4.79. The Balaban J connectivity index is 1.41. The van der Waals surface area contributed by atoms with Crippen LogP contribution in [0.1, 0.15) is 34.5 Å². The van der Waals surface area contributed by atoms with Crippen molar-refractivity contribution in [3.05, 3.63) is 59.5 Å². The minimum atomic E-state index is -4.54. The van der Waals surface area contributed by atoms with Crippen LogP contribution in [0, 0.1) is 0 Å². The van der Waals surface area contributed by atoms with Crippen LogP contribution in [0.3, 0.4) is 0 Å². The molecule has 0 bridgehead atoms. The van der Waals surface area contributed by atoms with Crippen molar-refractivity contribution >= 4 is 39.6 Å². The van der Waals surface area contributed by atoms with Gasteiger partial charge in [0, 0.05) is 24.2 Å². The third kappa shape index (κ3) is 3.69. The number of nitrogen functional groups attached to an aromatic ring is 1. The molecule has 10 nitrogen and oxygen atoms in total. The molecule has 1 saturated carbocycles. The van der Waals surface area contributed by atoms with Crippen LogP contribution in [0.4, 0.5) is 23.8 Å². The molecule has 2 N–H and O–H groups in total. The molecule has 4 aromatic rings. The van der Waals surface area contributed by atoms with Gasteiger partial charge in [0.1, 0.15) is 11.9 Å². The van der Waals surface area contributed by atoms with Crippen LogP contribution in [-0.2, 0) is 24.5 Å². The van der Waals surface area contributed by atoms with E-state index in [1.165, 1.54) is 16.1 Å². The summed E-state index contributed by atoms with van der Waals surface area (Å²) in [6.45, 7) is -0.228. The lowest BCUT2D eigenvalue weighted by molar-refractivity contribution is -0.137. The van der Waals surface area contributed by atoms with Crippen LogP contribution in [-0.4, -0.2) is 53.9 Å². The number of hydrogen-bond donors (Lipinski definition) is 1. The Bertz CT molecular complexity index is 1570. The maximum atomic E-state index is 13.9. The van der Waals surface area contributed by atoms with Gasteiger partial charge in [-0.2, -0.15) is 18.3 Å². The first-order valence-corrected chi connectivity index (χ1v) is 11.5. The number of amides is 2. The number of halogens is 3. The van der Waals surface area contributed by atoms with Gasteiger partial charge in [-0.3, -0.25) is 14.5 Å². The van der Waals surface area contributed by atoms with Crippen LogP contribution in [0.2, 0.25) is 0 Å². The van der Waals surface area contributed by atoms with Gasteiger partial charge in [-0.25, -0.2) is 19.8 Å². The van der Waals surface area contributed by atoms with Crippen LogP contribution in [0.5, 0.6) is 0 Å². The number of nitrogens with zero attached hydrogens (tertiary/aromatic N) is 6. The topological polar surface area (TPSA) is 119 Å². The van der Waals surface area contributed by atoms with Gasteiger partial charge >= 0.3 is 12.3 Å². The molecule has 37 heavy (non-hydrogen) atoms. The highest BCUT2D eigenvalue weighted by Crippen LogP contribution is 2.37. The zero-order valence-electron chi connectivity index (χ0n) is 19.4. The maximum Gasteiger partial charge on any atom is 0.429 e. The molecule has 0 radical (unpaired) electrons. The number of benzene rings is 1. The number of hydrogen-bond acceptors (Lipinski definition) is 7. The van der Waals surface area contributed by atoms with E-state index in [1.54, 1.807) is 36.1 Å². The van der Waals surface area contributed by atoms with E-state index in [2.05, 4.69) is 15.1 Å². The van der Waals surface area contributed by atoms with Gasteiger partial charge < -0.3 is 10.5 Å². The van der Waals surface area contributed by atoms with Crippen molar-refractivity contribution in [3.8, 4) is 0 Å². The Labute approximate surface area is 207 Å². The molecule has 13 heteroatoms. The highest BCUT2D eigenvalue weighted by molar-refractivity contribution is 6.10. The minimum Gasteiger partial charge on any atom is -0.443 e. The van der Waals surface area contributed by atoms with Crippen molar-refractivity contribution in [2.24, 2.45) is 7.05 Å². The molecule has 0 spiro atoms. The summed E-state index contributed by atoms with van der Waals surface area (Å²) in [6, 6.07) is 6.60. The number of ether oxygens (including phenoxy) is 1. The van der Waals surface area contributed by atoms with Gasteiger partial charge in [-0.15, -0.1) is 0 Å². The Kier molecular flexibility index (Phi) is 5.00. The third-order valence-electron chi connectivity index (χ3n) is 6.84. The first-order valence-electron chi connectivity index (χ1n) is 11.5. The van der Waals surface area contributed by atoms with Gasteiger partial charge in [-0.05, 0) is 43.2 Å². The standard InChI is InChI=1S/C24H20F3N7O3/c1-32-20-15-8-12(2-5-17(15)31-21(28)16(20)10-30-32)22(35)33(34-18-6-7-19(18)37-23(34)36)11-14-4-3-13(9-29-14)24(25,26)27/h2-5,8-10,18-19H,6-7,11H2,1H3,(H2,28,31)/t18-,19+/m1/s1. The van der Waals surface area contributed by atoms with Gasteiger partial charge in [0.15, 0.2) is 0 Å². The molecule has 1 aromatic carbocycles. The van der Waals surface area contributed by atoms with Crippen LogP contribution in [0.15, 0.2) is 42.7 Å². The Hall–Kier alpha value is -4.42. The molecular weight excluding hydrogens is 491 g/mol. The fourth-order valence-corrected chi connectivity index (χ4v) is 4.79. The number of carbonyl (C=O) groups is 2. The Morgan fingerprint density at radius 3 is 2.65 bits per heavy atom. The van der Waals surface area contributed by atoms with E-state index in [1.807, 2.05) is 0 Å². The van der Waals surface area contributed by atoms with E-state index in [0.29, 0.717) is 46.7 Å². The summed E-state index contributed by atoms with van der Waals surface area (Å²) in [5, 5.41) is 7.94. The van der Waals surface area contributed by atoms with E-state index >= 15 is 0 Å². The van der Waals surface area contributed by atoms with E-state index in [-0.39, 0.29) is 29.9 Å². The summed E-state index contributed by atoms with van der Waals surface area (Å²) in [5.74, 6) is -0.235. The number of pyridine rings is 2. The smallest absolute Gasteiger partial charge is 0.429 e. The fraction of sp³-hybridized carbons (Fsp3) is 0.292. The number of aromatic nitrogens is 4. The summed E-state index contributed by atoms with van der Waals surface area (Å²) in [7, 11) is 1.75. The van der Waals surface area contributed by atoms with Gasteiger partial charge in [0.2, 0.25) is 0 Å². The Morgan fingerprint density at radius 1 is 1.19 bits per heavy atom. The predicted molar refractivity (Wildman–Crippen MR) is 125 cm³/mol. The third-order valence-corrected chi connectivity index (χ3v) is 6.84. The first-order chi connectivity index (χ1) is 17.6. The van der Waals surface area contributed by atoms with Crippen molar-refractivity contribution in [2.45, 2.75) is 37.7 Å². The lowest BCUT2D eigenvalue weighted by atomic mass is 9.90. The summed E-state index contributed by atoms with van der Waals surface area (Å²) in [4.78, 5) is 34.9. The highest BCUT2D eigenvalue weighted by atomic mass is 19.4. The number of nitrogens with two attached hydrogens (primary N) is 1. The average molecular weight is 511 g/mol. The lowest BCUT2D eigenvalue weighted by Crippen LogP contribution is -2.54.